The van der Waals surface area contributed by atoms with E-state index in [9.17, 15) is 0 Å². The van der Waals surface area contributed by atoms with Crippen molar-refractivity contribution in [2.75, 3.05) is 13.6 Å². The molecule has 0 saturated carbocycles. The number of rotatable bonds is 3. The topological polar surface area (TPSA) is 3.01 Å². The highest BCUT2D eigenvalue weighted by Crippen LogP contribution is 2.20. The highest BCUT2D eigenvalue weighted by molar-refractivity contribution is 5.14. The molecule has 1 aliphatic rings. The van der Waals surface area contributed by atoms with Crippen LogP contribution in [0.25, 0.3) is 0 Å². The Hall–Kier alpha value is -0.560. The second kappa shape index (κ2) is 2.36. The van der Waals surface area contributed by atoms with Gasteiger partial charge in [0.15, 0.2) is 0 Å². The van der Waals surface area contributed by atoms with Crippen molar-refractivity contribution in [1.29, 1.82) is 0 Å². The molecular weight excluding hydrogens is 110 g/mol. The van der Waals surface area contributed by atoms with E-state index in [0.29, 0.717) is 0 Å². The molecule has 0 N–H and O–H groups in total. The van der Waals surface area contributed by atoms with Crippen molar-refractivity contribution in [3.8, 4) is 0 Å². The molecule has 1 nitrogen and oxygen atoms in total. The van der Waals surface area contributed by atoms with Crippen LogP contribution >= 0.6 is 0 Å². The molecule has 50 valence electrons. The Balaban J connectivity index is 2.19. The van der Waals surface area contributed by atoms with Gasteiger partial charge >= 0.3 is 0 Å². The van der Waals surface area contributed by atoms with Gasteiger partial charge in [-0.15, -0.1) is 0 Å². The van der Waals surface area contributed by atoms with Gasteiger partial charge in [-0.25, -0.2) is 0 Å². The lowest BCUT2D eigenvalue weighted by Gasteiger charge is -1.94. The van der Waals surface area contributed by atoms with Gasteiger partial charge in [0, 0.05) is 12.6 Å². The van der Waals surface area contributed by atoms with Crippen LogP contribution in [0.3, 0.4) is 0 Å². The van der Waals surface area contributed by atoms with Crippen LogP contribution in [0.15, 0.2) is 24.8 Å². The summed E-state index contributed by atoms with van der Waals surface area (Å²) in [6, 6.07) is 0.760. The van der Waals surface area contributed by atoms with Crippen molar-refractivity contribution in [2.45, 2.75) is 12.5 Å². The Kier molecular flexibility index (Phi) is 1.72. The van der Waals surface area contributed by atoms with E-state index in [4.69, 9.17) is 0 Å². The number of hydrogen-bond donors (Lipinski definition) is 0. The Labute approximate surface area is 56.7 Å². The SMILES string of the molecule is C=CC(=C)CC1CN1C. The summed E-state index contributed by atoms with van der Waals surface area (Å²) in [4.78, 5) is 2.30. The molecule has 9 heavy (non-hydrogen) atoms. The van der Waals surface area contributed by atoms with Gasteiger partial charge in [-0.2, -0.15) is 0 Å². The largest absolute Gasteiger partial charge is 0.300 e. The third-order valence-electron chi connectivity index (χ3n) is 1.77. The minimum absolute atomic E-state index is 0.760. The zero-order chi connectivity index (χ0) is 6.85. The van der Waals surface area contributed by atoms with E-state index in [2.05, 4.69) is 25.1 Å². The first-order chi connectivity index (χ1) is 4.24. The maximum Gasteiger partial charge on any atom is 0.0260 e. The first-order valence-electron chi connectivity index (χ1n) is 3.24. The summed E-state index contributed by atoms with van der Waals surface area (Å²) in [7, 11) is 2.13. The molecule has 0 aromatic rings. The van der Waals surface area contributed by atoms with Crippen LogP contribution in [-0.4, -0.2) is 24.5 Å². The lowest BCUT2D eigenvalue weighted by Crippen LogP contribution is -1.93. The zero-order valence-electron chi connectivity index (χ0n) is 5.93. The first-order valence-corrected chi connectivity index (χ1v) is 3.24. The van der Waals surface area contributed by atoms with Crippen LogP contribution < -0.4 is 0 Å². The molecule has 0 aromatic heterocycles. The van der Waals surface area contributed by atoms with Crippen LogP contribution in [0.5, 0.6) is 0 Å². The van der Waals surface area contributed by atoms with E-state index >= 15 is 0 Å². The Morgan fingerprint density at radius 2 is 2.44 bits per heavy atom. The predicted octanol–water partition coefficient (Wildman–Crippen LogP) is 1.43. The number of likely N-dealkylation sites (N-methyl/N-ethyl adjacent to an activating group) is 1. The highest BCUT2D eigenvalue weighted by atomic mass is 15.3. The van der Waals surface area contributed by atoms with Crippen molar-refractivity contribution < 1.29 is 0 Å². The molecule has 1 heteroatoms. The molecule has 2 unspecified atom stereocenters. The predicted molar refractivity (Wildman–Crippen MR) is 40.4 cm³/mol. The van der Waals surface area contributed by atoms with E-state index in [1.165, 1.54) is 6.54 Å². The smallest absolute Gasteiger partial charge is 0.0260 e. The summed E-state index contributed by atoms with van der Waals surface area (Å²) in [6.45, 7) is 8.72. The fourth-order valence-corrected chi connectivity index (χ4v) is 0.892. The van der Waals surface area contributed by atoms with Crippen molar-refractivity contribution in [3.63, 3.8) is 0 Å². The van der Waals surface area contributed by atoms with Gasteiger partial charge in [0.2, 0.25) is 0 Å². The third kappa shape index (κ3) is 1.68. The minimum Gasteiger partial charge on any atom is -0.300 e. The molecule has 1 heterocycles. The van der Waals surface area contributed by atoms with E-state index in [0.717, 1.165) is 18.0 Å². The van der Waals surface area contributed by atoms with E-state index < -0.39 is 0 Å². The van der Waals surface area contributed by atoms with Gasteiger partial charge < -0.3 is 4.90 Å². The Morgan fingerprint density at radius 1 is 1.89 bits per heavy atom. The Bertz CT molecular complexity index is 138. The molecule has 0 spiro atoms. The van der Waals surface area contributed by atoms with Gasteiger partial charge in [0.25, 0.3) is 0 Å². The van der Waals surface area contributed by atoms with Crippen LogP contribution in [-0.2, 0) is 0 Å². The fraction of sp³-hybridized carbons (Fsp3) is 0.500. The minimum atomic E-state index is 0.760. The molecular formula is C8H13N. The summed E-state index contributed by atoms with van der Waals surface area (Å²) in [5.74, 6) is 0. The quantitative estimate of drug-likeness (QED) is 0.405. The number of hydrogen-bond acceptors (Lipinski definition) is 1. The Morgan fingerprint density at radius 3 is 2.78 bits per heavy atom. The van der Waals surface area contributed by atoms with Gasteiger partial charge in [0.1, 0.15) is 0 Å². The zero-order valence-corrected chi connectivity index (χ0v) is 5.93. The number of nitrogens with zero attached hydrogens (tertiary/aromatic N) is 1. The molecule has 2 atom stereocenters. The number of allylic oxidation sites excluding steroid dienone is 1. The first kappa shape index (κ1) is 6.56. The lowest BCUT2D eigenvalue weighted by atomic mass is 10.2. The van der Waals surface area contributed by atoms with Crippen LogP contribution in [0, 0.1) is 0 Å². The highest BCUT2D eigenvalue weighted by Gasteiger charge is 2.28. The molecule has 1 fully saturated rings. The monoisotopic (exact) mass is 123 g/mol. The standard InChI is InChI=1S/C8H13N/c1-4-7(2)5-8-6-9(8)3/h4,8H,1-2,5-6H2,3H3. The van der Waals surface area contributed by atoms with Crippen LogP contribution in [0.4, 0.5) is 0 Å². The molecule has 1 saturated heterocycles. The van der Waals surface area contributed by atoms with Crippen LogP contribution in [0.2, 0.25) is 0 Å². The van der Waals surface area contributed by atoms with Crippen molar-refractivity contribution >= 4 is 0 Å². The van der Waals surface area contributed by atoms with Gasteiger partial charge in [-0.1, -0.05) is 24.8 Å². The average molecular weight is 123 g/mol. The van der Waals surface area contributed by atoms with Gasteiger partial charge in [-0.3, -0.25) is 0 Å². The summed E-state index contributed by atoms with van der Waals surface area (Å²) < 4.78 is 0. The molecule has 1 rings (SSSR count). The second-order valence-corrected chi connectivity index (χ2v) is 2.66. The van der Waals surface area contributed by atoms with Crippen molar-refractivity contribution in [1.82, 2.24) is 4.90 Å². The van der Waals surface area contributed by atoms with E-state index in [1.54, 1.807) is 0 Å². The molecule has 0 aliphatic carbocycles. The maximum atomic E-state index is 3.84. The van der Waals surface area contributed by atoms with E-state index in [-0.39, 0.29) is 0 Å². The van der Waals surface area contributed by atoms with Gasteiger partial charge in [-0.05, 0) is 13.5 Å². The molecule has 0 aromatic carbocycles. The lowest BCUT2D eigenvalue weighted by molar-refractivity contribution is 0.613. The summed E-state index contributed by atoms with van der Waals surface area (Å²) >= 11 is 0. The summed E-state index contributed by atoms with van der Waals surface area (Å²) in [5, 5.41) is 0. The van der Waals surface area contributed by atoms with Gasteiger partial charge in [0.05, 0.1) is 0 Å². The van der Waals surface area contributed by atoms with Crippen molar-refractivity contribution in [3.05, 3.63) is 24.8 Å². The molecule has 0 amide bonds. The molecule has 1 aliphatic heterocycles. The molecule has 0 radical (unpaired) electrons. The molecule has 0 bridgehead atoms. The van der Waals surface area contributed by atoms with Crippen molar-refractivity contribution in [2.24, 2.45) is 0 Å². The second-order valence-electron chi connectivity index (χ2n) is 2.66. The summed E-state index contributed by atoms with van der Waals surface area (Å²) in [5.41, 5.74) is 1.16. The summed E-state index contributed by atoms with van der Waals surface area (Å²) in [6.07, 6.45) is 2.94. The van der Waals surface area contributed by atoms with Crippen LogP contribution in [0.1, 0.15) is 6.42 Å². The fourth-order valence-electron chi connectivity index (χ4n) is 0.892. The third-order valence-corrected chi connectivity index (χ3v) is 1.77. The maximum absolute atomic E-state index is 3.84. The van der Waals surface area contributed by atoms with E-state index in [1.807, 2.05) is 6.08 Å². The normalized spacial score (nSPS) is 31.7. The average Bonchev–Trinajstić information content (AvgIpc) is 2.47.